The highest BCUT2D eigenvalue weighted by atomic mass is 16.5. The molecule has 1 N–H and O–H groups in total. The third-order valence-corrected chi connectivity index (χ3v) is 4.74. The number of aliphatic hydroxyl groups is 1. The van der Waals surface area contributed by atoms with Crippen LogP contribution in [0.2, 0.25) is 0 Å². The van der Waals surface area contributed by atoms with Gasteiger partial charge in [-0.25, -0.2) is 0 Å². The van der Waals surface area contributed by atoms with E-state index in [1.807, 2.05) is 13.8 Å². The summed E-state index contributed by atoms with van der Waals surface area (Å²) in [6.07, 6.45) is 1.59. The first kappa shape index (κ1) is 21.5. The molecule has 158 valence electrons. The third kappa shape index (κ3) is 4.52. The van der Waals surface area contributed by atoms with Gasteiger partial charge in [0, 0.05) is 25.4 Å². The lowest BCUT2D eigenvalue weighted by atomic mass is 9.98. The van der Waals surface area contributed by atoms with Gasteiger partial charge in [0.2, 0.25) is 0 Å². The van der Waals surface area contributed by atoms with Gasteiger partial charge in [0.25, 0.3) is 11.7 Å². The Kier molecular flexibility index (Phi) is 6.84. The third-order valence-electron chi connectivity index (χ3n) is 4.74. The SMILES string of the molecule is COCCN1C(=O)C(=O)/C(=C(\O)c2cccc(OCC(C)C)c2)C1c1ccccn1. The topological polar surface area (TPSA) is 89.0 Å². The predicted octanol–water partition coefficient (Wildman–Crippen LogP) is 3.18. The molecule has 0 aliphatic carbocycles. The van der Waals surface area contributed by atoms with Gasteiger partial charge >= 0.3 is 0 Å². The summed E-state index contributed by atoms with van der Waals surface area (Å²) in [5.41, 5.74) is 0.916. The molecular weight excluding hydrogens is 384 g/mol. The van der Waals surface area contributed by atoms with Gasteiger partial charge in [0.05, 0.1) is 24.5 Å². The summed E-state index contributed by atoms with van der Waals surface area (Å²) in [5, 5.41) is 11.1. The molecule has 1 aromatic carbocycles. The molecule has 1 saturated heterocycles. The smallest absolute Gasteiger partial charge is 0.295 e. The van der Waals surface area contributed by atoms with Crippen LogP contribution in [0.4, 0.5) is 0 Å². The van der Waals surface area contributed by atoms with E-state index < -0.39 is 17.7 Å². The van der Waals surface area contributed by atoms with Crippen molar-refractivity contribution in [3.8, 4) is 5.75 Å². The minimum Gasteiger partial charge on any atom is -0.507 e. The number of hydrogen-bond acceptors (Lipinski definition) is 6. The number of benzene rings is 1. The number of carbonyl (C=O) groups excluding carboxylic acids is 2. The average Bonchev–Trinajstić information content (AvgIpc) is 3.01. The highest BCUT2D eigenvalue weighted by Crippen LogP contribution is 2.38. The highest BCUT2D eigenvalue weighted by Gasteiger charge is 2.46. The minimum atomic E-state index is -0.790. The summed E-state index contributed by atoms with van der Waals surface area (Å²) in [5.74, 6) is -0.753. The monoisotopic (exact) mass is 410 g/mol. The maximum atomic E-state index is 12.9. The van der Waals surface area contributed by atoms with Gasteiger partial charge in [-0.3, -0.25) is 14.6 Å². The zero-order chi connectivity index (χ0) is 21.7. The number of pyridine rings is 1. The Morgan fingerprint density at radius 3 is 2.67 bits per heavy atom. The van der Waals surface area contributed by atoms with Crippen LogP contribution in [0.1, 0.15) is 31.1 Å². The van der Waals surface area contributed by atoms with Crippen LogP contribution in [0.3, 0.4) is 0 Å². The number of hydrogen-bond donors (Lipinski definition) is 1. The van der Waals surface area contributed by atoms with Crippen LogP contribution >= 0.6 is 0 Å². The van der Waals surface area contributed by atoms with Crippen molar-refractivity contribution in [3.05, 3.63) is 65.5 Å². The molecule has 1 aliphatic heterocycles. The van der Waals surface area contributed by atoms with E-state index in [1.54, 1.807) is 48.7 Å². The molecule has 7 heteroatoms. The van der Waals surface area contributed by atoms with E-state index in [4.69, 9.17) is 9.47 Å². The van der Waals surface area contributed by atoms with Crippen molar-refractivity contribution in [2.24, 2.45) is 5.92 Å². The Morgan fingerprint density at radius 1 is 1.20 bits per heavy atom. The Morgan fingerprint density at radius 2 is 2.00 bits per heavy atom. The van der Waals surface area contributed by atoms with Crippen molar-refractivity contribution in [2.45, 2.75) is 19.9 Å². The van der Waals surface area contributed by atoms with E-state index >= 15 is 0 Å². The quantitative estimate of drug-likeness (QED) is 0.408. The number of Topliss-reactive ketones (excluding diaryl/α,β-unsaturated/α-hetero) is 1. The summed E-state index contributed by atoms with van der Waals surface area (Å²) in [4.78, 5) is 31.3. The van der Waals surface area contributed by atoms with E-state index in [0.29, 0.717) is 29.5 Å². The van der Waals surface area contributed by atoms with Gasteiger partial charge in [-0.05, 0) is 30.2 Å². The van der Waals surface area contributed by atoms with E-state index in [9.17, 15) is 14.7 Å². The summed E-state index contributed by atoms with van der Waals surface area (Å²) in [7, 11) is 1.52. The molecule has 1 aromatic heterocycles. The number of carbonyl (C=O) groups is 2. The number of rotatable bonds is 8. The lowest BCUT2D eigenvalue weighted by Crippen LogP contribution is -2.33. The zero-order valence-electron chi connectivity index (χ0n) is 17.4. The van der Waals surface area contributed by atoms with Gasteiger partial charge in [-0.15, -0.1) is 0 Å². The first-order chi connectivity index (χ1) is 14.4. The number of ether oxygens (including phenoxy) is 2. The highest BCUT2D eigenvalue weighted by molar-refractivity contribution is 6.46. The van der Waals surface area contributed by atoms with Crippen LogP contribution in [0, 0.1) is 5.92 Å². The molecule has 2 heterocycles. The number of amides is 1. The van der Waals surface area contributed by atoms with Gasteiger partial charge in [-0.1, -0.05) is 32.0 Å². The van der Waals surface area contributed by atoms with E-state index in [2.05, 4.69) is 4.98 Å². The molecule has 1 fully saturated rings. The van der Waals surface area contributed by atoms with Crippen LogP contribution < -0.4 is 4.74 Å². The fourth-order valence-corrected chi connectivity index (χ4v) is 3.30. The second-order valence-corrected chi connectivity index (χ2v) is 7.47. The lowest BCUT2D eigenvalue weighted by molar-refractivity contribution is -0.140. The second-order valence-electron chi connectivity index (χ2n) is 7.47. The molecule has 0 spiro atoms. The first-order valence-corrected chi connectivity index (χ1v) is 9.85. The van der Waals surface area contributed by atoms with Crippen molar-refractivity contribution in [1.29, 1.82) is 0 Å². The van der Waals surface area contributed by atoms with Crippen molar-refractivity contribution in [2.75, 3.05) is 26.9 Å². The predicted molar refractivity (Wildman–Crippen MR) is 112 cm³/mol. The Labute approximate surface area is 175 Å². The minimum absolute atomic E-state index is 0.0100. The Balaban J connectivity index is 2.06. The van der Waals surface area contributed by atoms with Crippen LogP contribution in [0.5, 0.6) is 5.75 Å². The standard InChI is InChI=1S/C23H26N2O5/c1-15(2)14-30-17-8-6-7-16(13-17)21(26)19-20(18-9-4-5-10-24-18)25(11-12-29-3)23(28)22(19)27/h4-10,13,15,20,26H,11-12,14H2,1-3H3/b21-19-. The van der Waals surface area contributed by atoms with Crippen molar-refractivity contribution < 1.29 is 24.2 Å². The molecule has 1 aliphatic rings. The lowest BCUT2D eigenvalue weighted by Gasteiger charge is -2.24. The van der Waals surface area contributed by atoms with Crippen LogP contribution in [-0.4, -0.2) is 53.5 Å². The van der Waals surface area contributed by atoms with Gasteiger partial charge in [0.15, 0.2) is 0 Å². The molecule has 7 nitrogen and oxygen atoms in total. The average molecular weight is 410 g/mol. The molecule has 0 bridgehead atoms. The maximum Gasteiger partial charge on any atom is 0.295 e. The van der Waals surface area contributed by atoms with Crippen molar-refractivity contribution in [1.82, 2.24) is 9.88 Å². The van der Waals surface area contributed by atoms with Crippen molar-refractivity contribution in [3.63, 3.8) is 0 Å². The Bertz CT molecular complexity index is 940. The molecule has 30 heavy (non-hydrogen) atoms. The summed E-state index contributed by atoms with van der Waals surface area (Å²) >= 11 is 0. The number of aliphatic hydroxyl groups excluding tert-OH is 1. The summed E-state index contributed by atoms with van der Waals surface area (Å²) < 4.78 is 10.8. The molecule has 3 rings (SSSR count). The van der Waals surface area contributed by atoms with Crippen LogP contribution in [-0.2, 0) is 14.3 Å². The van der Waals surface area contributed by atoms with E-state index in [0.717, 1.165) is 0 Å². The second kappa shape index (κ2) is 9.54. The molecule has 0 saturated carbocycles. The van der Waals surface area contributed by atoms with Gasteiger partial charge in [-0.2, -0.15) is 0 Å². The molecule has 1 amide bonds. The van der Waals surface area contributed by atoms with Gasteiger partial charge in [0.1, 0.15) is 17.6 Å². The van der Waals surface area contributed by atoms with E-state index in [-0.39, 0.29) is 24.5 Å². The first-order valence-electron chi connectivity index (χ1n) is 9.85. The molecular formula is C23H26N2O5. The van der Waals surface area contributed by atoms with Crippen molar-refractivity contribution >= 4 is 17.4 Å². The van der Waals surface area contributed by atoms with Crippen LogP contribution in [0.25, 0.3) is 5.76 Å². The normalized spacial score (nSPS) is 18.3. The number of nitrogens with zero attached hydrogens (tertiary/aromatic N) is 2. The Hall–Kier alpha value is -3.19. The largest absolute Gasteiger partial charge is 0.507 e. The zero-order valence-corrected chi connectivity index (χ0v) is 17.4. The fourth-order valence-electron chi connectivity index (χ4n) is 3.30. The number of likely N-dealkylation sites (tertiary alicyclic amines) is 1. The maximum absolute atomic E-state index is 12.9. The molecule has 1 unspecified atom stereocenters. The number of ketones is 1. The van der Waals surface area contributed by atoms with Gasteiger partial charge < -0.3 is 19.5 Å². The number of aromatic nitrogens is 1. The summed E-state index contributed by atoms with van der Waals surface area (Å²) in [6, 6.07) is 11.3. The summed E-state index contributed by atoms with van der Waals surface area (Å²) in [6.45, 7) is 5.07. The molecule has 1 atom stereocenters. The molecule has 2 aromatic rings. The molecule has 0 radical (unpaired) electrons. The van der Waals surface area contributed by atoms with Crippen LogP contribution in [0.15, 0.2) is 54.2 Å². The van der Waals surface area contributed by atoms with E-state index in [1.165, 1.54) is 12.0 Å². The number of methoxy groups -OCH3 is 1. The fraction of sp³-hybridized carbons (Fsp3) is 0.348.